The Kier molecular flexibility index (Phi) is 4.40. The van der Waals surface area contributed by atoms with E-state index in [1.807, 2.05) is 10.9 Å². The van der Waals surface area contributed by atoms with Crippen molar-refractivity contribution in [2.45, 2.75) is 39.9 Å². The fourth-order valence-electron chi connectivity index (χ4n) is 2.72. The highest BCUT2D eigenvalue weighted by Gasteiger charge is 2.27. The molecule has 0 radical (unpaired) electrons. The first-order valence-electron chi connectivity index (χ1n) is 7.04. The van der Waals surface area contributed by atoms with Crippen molar-refractivity contribution in [3.05, 3.63) is 18.0 Å². The Morgan fingerprint density at radius 2 is 2.17 bits per heavy atom. The number of aromatic nitrogens is 2. The Morgan fingerprint density at radius 1 is 1.39 bits per heavy atom. The highest BCUT2D eigenvalue weighted by Crippen LogP contribution is 2.18. The fourth-order valence-corrected chi connectivity index (χ4v) is 2.72. The molecule has 18 heavy (non-hydrogen) atoms. The van der Waals surface area contributed by atoms with Crippen molar-refractivity contribution in [1.82, 2.24) is 19.6 Å². The molecule has 0 amide bonds. The van der Waals surface area contributed by atoms with Crippen LogP contribution >= 0.6 is 0 Å². The second-order valence-electron chi connectivity index (χ2n) is 5.75. The number of hydrogen-bond donors (Lipinski definition) is 0. The van der Waals surface area contributed by atoms with Crippen LogP contribution in [-0.2, 0) is 13.1 Å². The van der Waals surface area contributed by atoms with Crippen LogP contribution < -0.4 is 0 Å². The third kappa shape index (κ3) is 3.12. The van der Waals surface area contributed by atoms with E-state index in [9.17, 15) is 0 Å². The average molecular weight is 250 g/mol. The molecule has 0 aliphatic carbocycles. The first-order chi connectivity index (χ1) is 8.60. The van der Waals surface area contributed by atoms with Gasteiger partial charge in [0.1, 0.15) is 0 Å². The molecule has 0 bridgehead atoms. The maximum atomic E-state index is 4.36. The molecule has 0 aromatic carbocycles. The van der Waals surface area contributed by atoms with E-state index in [1.54, 1.807) is 0 Å². The van der Waals surface area contributed by atoms with Gasteiger partial charge in [-0.15, -0.1) is 0 Å². The molecule has 1 aromatic rings. The Hall–Kier alpha value is -0.870. The number of aryl methyl sites for hydroxylation is 1. The zero-order valence-corrected chi connectivity index (χ0v) is 12.1. The van der Waals surface area contributed by atoms with Gasteiger partial charge < -0.3 is 4.90 Å². The van der Waals surface area contributed by atoms with E-state index in [0.717, 1.165) is 19.6 Å². The van der Waals surface area contributed by atoms with Crippen molar-refractivity contribution < 1.29 is 0 Å². The van der Waals surface area contributed by atoms with Gasteiger partial charge in [0.2, 0.25) is 0 Å². The Labute approximate surface area is 111 Å². The van der Waals surface area contributed by atoms with Gasteiger partial charge in [0.05, 0.1) is 6.20 Å². The molecule has 102 valence electrons. The summed E-state index contributed by atoms with van der Waals surface area (Å²) < 4.78 is 2.01. The summed E-state index contributed by atoms with van der Waals surface area (Å²) in [6, 6.07) is 0.661. The molecular formula is C14H26N4. The first kappa shape index (κ1) is 13.6. The molecule has 1 fully saturated rings. The summed E-state index contributed by atoms with van der Waals surface area (Å²) in [5.74, 6) is 0.703. The number of hydrogen-bond acceptors (Lipinski definition) is 3. The number of nitrogens with zero attached hydrogens (tertiary/aromatic N) is 4. The fraction of sp³-hybridized carbons (Fsp3) is 0.786. The lowest BCUT2D eigenvalue weighted by molar-refractivity contribution is 0.0571. The van der Waals surface area contributed by atoms with Gasteiger partial charge in [0, 0.05) is 50.5 Å². The topological polar surface area (TPSA) is 24.3 Å². The van der Waals surface area contributed by atoms with E-state index in [0.29, 0.717) is 12.0 Å². The second kappa shape index (κ2) is 5.85. The summed E-state index contributed by atoms with van der Waals surface area (Å²) in [4.78, 5) is 5.05. The monoisotopic (exact) mass is 250 g/mol. The summed E-state index contributed by atoms with van der Waals surface area (Å²) in [5, 5.41) is 4.36. The number of piperazine rings is 1. The SMILES string of the molecule is CCn1cc(CN2CCN(C)C[C@@H]2C(C)C)cn1. The molecular weight excluding hydrogens is 224 g/mol. The van der Waals surface area contributed by atoms with Crippen LogP contribution in [0.25, 0.3) is 0 Å². The van der Waals surface area contributed by atoms with Gasteiger partial charge in [0.25, 0.3) is 0 Å². The molecule has 4 nitrogen and oxygen atoms in total. The molecule has 0 saturated carbocycles. The molecule has 1 atom stereocenters. The van der Waals surface area contributed by atoms with Gasteiger partial charge in [0.15, 0.2) is 0 Å². The molecule has 2 heterocycles. The van der Waals surface area contributed by atoms with E-state index in [2.05, 4.69) is 48.9 Å². The predicted molar refractivity (Wildman–Crippen MR) is 74.4 cm³/mol. The van der Waals surface area contributed by atoms with E-state index < -0.39 is 0 Å². The molecule has 4 heteroatoms. The van der Waals surface area contributed by atoms with Crippen LogP contribution in [-0.4, -0.2) is 52.3 Å². The summed E-state index contributed by atoms with van der Waals surface area (Å²) in [7, 11) is 2.22. The molecule has 0 spiro atoms. The summed E-state index contributed by atoms with van der Waals surface area (Å²) in [5.41, 5.74) is 1.34. The third-order valence-electron chi connectivity index (χ3n) is 3.90. The molecule has 0 N–H and O–H groups in total. The maximum Gasteiger partial charge on any atom is 0.0534 e. The summed E-state index contributed by atoms with van der Waals surface area (Å²) in [6.07, 6.45) is 4.19. The summed E-state index contributed by atoms with van der Waals surface area (Å²) >= 11 is 0. The minimum atomic E-state index is 0.661. The van der Waals surface area contributed by atoms with Gasteiger partial charge in [-0.1, -0.05) is 13.8 Å². The zero-order valence-electron chi connectivity index (χ0n) is 12.1. The third-order valence-corrected chi connectivity index (χ3v) is 3.90. The number of rotatable bonds is 4. The van der Waals surface area contributed by atoms with E-state index in [4.69, 9.17) is 0 Å². The van der Waals surface area contributed by atoms with Crippen LogP contribution in [0.1, 0.15) is 26.3 Å². The van der Waals surface area contributed by atoms with Gasteiger partial charge in [-0.2, -0.15) is 5.10 Å². The van der Waals surface area contributed by atoms with Gasteiger partial charge >= 0.3 is 0 Å². The second-order valence-corrected chi connectivity index (χ2v) is 5.75. The van der Waals surface area contributed by atoms with Crippen LogP contribution in [0.15, 0.2) is 12.4 Å². The highest BCUT2D eigenvalue weighted by atomic mass is 15.3. The van der Waals surface area contributed by atoms with Crippen LogP contribution in [0, 0.1) is 5.92 Å². The van der Waals surface area contributed by atoms with Gasteiger partial charge in [-0.25, -0.2) is 0 Å². The van der Waals surface area contributed by atoms with Crippen LogP contribution in [0.4, 0.5) is 0 Å². The predicted octanol–water partition coefficient (Wildman–Crippen LogP) is 1.67. The van der Waals surface area contributed by atoms with Crippen molar-refractivity contribution in [2.24, 2.45) is 5.92 Å². The highest BCUT2D eigenvalue weighted by molar-refractivity contribution is 5.04. The summed E-state index contributed by atoms with van der Waals surface area (Å²) in [6.45, 7) is 12.3. The van der Waals surface area contributed by atoms with Gasteiger partial charge in [-0.3, -0.25) is 9.58 Å². The van der Waals surface area contributed by atoms with Gasteiger partial charge in [-0.05, 0) is 19.9 Å². The smallest absolute Gasteiger partial charge is 0.0534 e. The van der Waals surface area contributed by atoms with Crippen LogP contribution in [0.5, 0.6) is 0 Å². The number of likely N-dealkylation sites (N-methyl/N-ethyl adjacent to an activating group) is 1. The van der Waals surface area contributed by atoms with Crippen molar-refractivity contribution in [1.29, 1.82) is 0 Å². The van der Waals surface area contributed by atoms with Crippen molar-refractivity contribution in [2.75, 3.05) is 26.7 Å². The van der Waals surface area contributed by atoms with E-state index in [1.165, 1.54) is 18.7 Å². The standard InChI is InChI=1S/C14H26N4/c1-5-18-10-13(8-15-18)9-17-7-6-16(4)11-14(17)12(2)3/h8,10,12,14H,5-7,9,11H2,1-4H3/t14-/m1/s1. The van der Waals surface area contributed by atoms with E-state index >= 15 is 0 Å². The van der Waals surface area contributed by atoms with Crippen molar-refractivity contribution >= 4 is 0 Å². The van der Waals surface area contributed by atoms with Crippen molar-refractivity contribution in [3.63, 3.8) is 0 Å². The molecule has 0 unspecified atom stereocenters. The molecule has 1 aliphatic heterocycles. The lowest BCUT2D eigenvalue weighted by Crippen LogP contribution is -2.53. The maximum absolute atomic E-state index is 4.36. The average Bonchev–Trinajstić information content (AvgIpc) is 2.79. The Balaban J connectivity index is 2.01. The Bertz CT molecular complexity index is 372. The lowest BCUT2D eigenvalue weighted by atomic mass is 9.99. The van der Waals surface area contributed by atoms with E-state index in [-0.39, 0.29) is 0 Å². The molecule has 1 aliphatic rings. The minimum Gasteiger partial charge on any atom is -0.304 e. The zero-order chi connectivity index (χ0) is 13.1. The van der Waals surface area contributed by atoms with Crippen LogP contribution in [0.3, 0.4) is 0 Å². The van der Waals surface area contributed by atoms with Crippen LogP contribution in [0.2, 0.25) is 0 Å². The molecule has 1 saturated heterocycles. The van der Waals surface area contributed by atoms with Crippen molar-refractivity contribution in [3.8, 4) is 0 Å². The molecule has 2 rings (SSSR count). The Morgan fingerprint density at radius 3 is 2.78 bits per heavy atom. The lowest BCUT2D eigenvalue weighted by Gasteiger charge is -2.42. The quantitative estimate of drug-likeness (QED) is 0.812. The molecule has 1 aromatic heterocycles. The first-order valence-corrected chi connectivity index (χ1v) is 7.04. The largest absolute Gasteiger partial charge is 0.304 e. The minimum absolute atomic E-state index is 0.661. The normalized spacial score (nSPS) is 22.8.